The maximum Gasteiger partial charge on any atom is 0.303 e. The van der Waals surface area contributed by atoms with E-state index in [1.165, 1.54) is 7.11 Å². The summed E-state index contributed by atoms with van der Waals surface area (Å²) in [6.45, 7) is 2.97. The van der Waals surface area contributed by atoms with E-state index in [9.17, 15) is 9.59 Å². The highest BCUT2D eigenvalue weighted by atomic mass is 16.5. The summed E-state index contributed by atoms with van der Waals surface area (Å²) in [5.74, 6) is -0.485. The molecule has 0 saturated heterocycles. The van der Waals surface area contributed by atoms with Crippen LogP contribution in [0.25, 0.3) is 0 Å². The Balaban J connectivity index is 3.91. The van der Waals surface area contributed by atoms with Crippen molar-refractivity contribution in [3.63, 3.8) is 0 Å². The Morgan fingerprint density at radius 2 is 2.00 bits per heavy atom. The van der Waals surface area contributed by atoms with Crippen LogP contribution in [-0.2, 0) is 14.3 Å². The smallest absolute Gasteiger partial charge is 0.303 e. The zero-order chi connectivity index (χ0) is 15.4. The second-order valence-corrected chi connectivity index (χ2v) is 5.02. The molecule has 0 aromatic rings. The van der Waals surface area contributed by atoms with Gasteiger partial charge in [-0.05, 0) is 18.8 Å². The molecule has 0 aliphatic heterocycles. The first-order valence-electron chi connectivity index (χ1n) is 7.24. The molecule has 6 heteroatoms. The minimum Gasteiger partial charge on any atom is -0.481 e. The summed E-state index contributed by atoms with van der Waals surface area (Å²) in [5, 5.41) is 11.5. The predicted octanol–water partition coefficient (Wildman–Crippen LogP) is 1.14. The molecule has 6 nitrogen and oxygen atoms in total. The molecule has 0 fully saturated rings. The monoisotopic (exact) mass is 288 g/mol. The molecule has 0 aromatic heterocycles. The number of hydrogen-bond donors (Lipinski definition) is 3. The molecule has 20 heavy (non-hydrogen) atoms. The summed E-state index contributed by atoms with van der Waals surface area (Å²) < 4.78 is 5.05. The van der Waals surface area contributed by atoms with Crippen LogP contribution in [0.5, 0.6) is 0 Å². The highest BCUT2D eigenvalue weighted by molar-refractivity contribution is 5.76. The van der Waals surface area contributed by atoms with Crippen molar-refractivity contribution in [3.8, 4) is 0 Å². The average Bonchev–Trinajstić information content (AvgIpc) is 2.42. The van der Waals surface area contributed by atoms with Crippen molar-refractivity contribution in [3.05, 3.63) is 0 Å². The highest BCUT2D eigenvalue weighted by Crippen LogP contribution is 2.17. The number of hydrogen-bond acceptors (Lipinski definition) is 4. The van der Waals surface area contributed by atoms with E-state index in [4.69, 9.17) is 15.6 Å². The van der Waals surface area contributed by atoms with Crippen LogP contribution in [-0.4, -0.2) is 43.3 Å². The summed E-state index contributed by atoms with van der Waals surface area (Å²) in [4.78, 5) is 22.2. The minimum absolute atomic E-state index is 0.0733. The van der Waals surface area contributed by atoms with Gasteiger partial charge >= 0.3 is 5.97 Å². The van der Waals surface area contributed by atoms with Crippen molar-refractivity contribution < 1.29 is 19.4 Å². The number of nitrogens with two attached hydrogens (primary N) is 1. The predicted molar refractivity (Wildman–Crippen MR) is 77.4 cm³/mol. The maximum atomic E-state index is 11.6. The molecule has 2 unspecified atom stereocenters. The Hall–Kier alpha value is -1.14. The summed E-state index contributed by atoms with van der Waals surface area (Å²) >= 11 is 0. The number of carbonyl (C=O) groups is 2. The summed E-state index contributed by atoms with van der Waals surface area (Å²) in [7, 11) is 1.54. The van der Waals surface area contributed by atoms with Crippen LogP contribution < -0.4 is 11.1 Å². The number of carbonyl (C=O) groups excluding carboxylic acids is 1. The molecule has 0 rings (SSSR count). The fourth-order valence-electron chi connectivity index (χ4n) is 2.13. The lowest BCUT2D eigenvalue weighted by Gasteiger charge is -2.16. The van der Waals surface area contributed by atoms with Gasteiger partial charge in [0.25, 0.3) is 0 Å². The molecule has 0 bridgehead atoms. The van der Waals surface area contributed by atoms with Crippen molar-refractivity contribution in [2.75, 3.05) is 20.2 Å². The molecule has 118 valence electrons. The maximum absolute atomic E-state index is 11.6. The second-order valence-electron chi connectivity index (χ2n) is 5.02. The average molecular weight is 288 g/mol. The lowest BCUT2D eigenvalue weighted by molar-refractivity contribution is -0.137. The zero-order valence-electron chi connectivity index (χ0n) is 12.6. The fraction of sp³-hybridized carbons (Fsp3) is 0.857. The molecule has 0 heterocycles. The van der Waals surface area contributed by atoms with Gasteiger partial charge in [0.05, 0.1) is 12.5 Å². The van der Waals surface area contributed by atoms with E-state index >= 15 is 0 Å². The van der Waals surface area contributed by atoms with E-state index < -0.39 is 5.97 Å². The molecule has 1 amide bonds. The molecule has 0 aliphatic carbocycles. The number of methoxy groups -OCH3 is 1. The minimum atomic E-state index is -0.763. The number of nitrogens with one attached hydrogen (secondary N) is 1. The largest absolute Gasteiger partial charge is 0.481 e. The van der Waals surface area contributed by atoms with Crippen LogP contribution in [0.3, 0.4) is 0 Å². The number of amides is 1. The molecular weight excluding hydrogens is 260 g/mol. The van der Waals surface area contributed by atoms with Gasteiger partial charge in [-0.2, -0.15) is 0 Å². The van der Waals surface area contributed by atoms with Crippen LogP contribution in [0, 0.1) is 5.92 Å². The second kappa shape index (κ2) is 11.7. The van der Waals surface area contributed by atoms with E-state index in [1.807, 2.05) is 0 Å². The Bertz CT molecular complexity index is 280. The van der Waals surface area contributed by atoms with Gasteiger partial charge in [-0.15, -0.1) is 0 Å². The first-order valence-corrected chi connectivity index (χ1v) is 7.24. The highest BCUT2D eigenvalue weighted by Gasteiger charge is 2.13. The first kappa shape index (κ1) is 18.9. The zero-order valence-corrected chi connectivity index (χ0v) is 12.6. The lowest BCUT2D eigenvalue weighted by atomic mass is 9.94. The summed E-state index contributed by atoms with van der Waals surface area (Å²) in [6.07, 6.45) is 3.71. The van der Waals surface area contributed by atoms with Gasteiger partial charge in [-0.25, -0.2) is 0 Å². The van der Waals surface area contributed by atoms with Crippen LogP contribution in [0.2, 0.25) is 0 Å². The van der Waals surface area contributed by atoms with Crippen molar-refractivity contribution >= 4 is 11.9 Å². The van der Waals surface area contributed by atoms with Gasteiger partial charge in [0.15, 0.2) is 0 Å². The Kier molecular flexibility index (Phi) is 11.0. The lowest BCUT2D eigenvalue weighted by Crippen LogP contribution is -2.33. The standard InChI is InChI=1S/C14H28N2O4/c1-3-4-11(5-6-14(18)19)7-8-16-13(17)9-12(10-15)20-2/h11-12H,3-10,15H2,1-2H3,(H,16,17)(H,18,19). The number of ether oxygens (including phenoxy) is 1. The van der Waals surface area contributed by atoms with Crippen LogP contribution in [0.4, 0.5) is 0 Å². The van der Waals surface area contributed by atoms with E-state index in [0.29, 0.717) is 25.4 Å². The van der Waals surface area contributed by atoms with E-state index in [0.717, 1.165) is 19.3 Å². The Morgan fingerprint density at radius 1 is 1.30 bits per heavy atom. The topological polar surface area (TPSA) is 102 Å². The number of aliphatic carboxylic acids is 1. The molecular formula is C14H28N2O4. The van der Waals surface area contributed by atoms with Gasteiger partial charge in [-0.3, -0.25) is 9.59 Å². The molecule has 2 atom stereocenters. The normalized spacial score (nSPS) is 13.8. The van der Waals surface area contributed by atoms with Crippen LogP contribution >= 0.6 is 0 Å². The third-order valence-corrected chi connectivity index (χ3v) is 3.35. The Labute approximate surface area is 121 Å². The van der Waals surface area contributed by atoms with E-state index in [2.05, 4.69) is 12.2 Å². The number of carboxylic acid groups (broad SMARTS) is 1. The summed E-state index contributed by atoms with van der Waals surface area (Å²) in [6, 6.07) is 0. The first-order chi connectivity index (χ1) is 9.53. The third-order valence-electron chi connectivity index (χ3n) is 3.35. The molecule has 0 radical (unpaired) electrons. The van der Waals surface area contributed by atoms with Gasteiger partial charge < -0.3 is 20.9 Å². The molecule has 0 aliphatic rings. The molecule has 0 saturated carbocycles. The van der Waals surface area contributed by atoms with E-state index in [-0.39, 0.29) is 24.9 Å². The van der Waals surface area contributed by atoms with E-state index in [1.54, 1.807) is 0 Å². The number of carboxylic acids is 1. The van der Waals surface area contributed by atoms with Gasteiger partial charge in [0.2, 0.25) is 5.91 Å². The molecule has 0 aromatic carbocycles. The SMILES string of the molecule is CCCC(CCNC(=O)CC(CN)OC)CCC(=O)O. The third kappa shape index (κ3) is 9.75. The summed E-state index contributed by atoms with van der Waals surface area (Å²) in [5.41, 5.74) is 5.46. The Morgan fingerprint density at radius 3 is 2.50 bits per heavy atom. The van der Waals surface area contributed by atoms with Gasteiger partial charge in [-0.1, -0.05) is 19.8 Å². The van der Waals surface area contributed by atoms with Crippen molar-refractivity contribution in [2.45, 2.75) is 51.6 Å². The van der Waals surface area contributed by atoms with Crippen molar-refractivity contribution in [1.82, 2.24) is 5.32 Å². The van der Waals surface area contributed by atoms with Crippen LogP contribution in [0.1, 0.15) is 45.4 Å². The van der Waals surface area contributed by atoms with Gasteiger partial charge in [0.1, 0.15) is 0 Å². The fourth-order valence-corrected chi connectivity index (χ4v) is 2.13. The molecule has 4 N–H and O–H groups in total. The van der Waals surface area contributed by atoms with Crippen LogP contribution in [0.15, 0.2) is 0 Å². The van der Waals surface area contributed by atoms with Gasteiger partial charge in [0, 0.05) is 26.6 Å². The number of rotatable bonds is 12. The van der Waals surface area contributed by atoms with Crippen molar-refractivity contribution in [2.24, 2.45) is 11.7 Å². The quantitative estimate of drug-likeness (QED) is 0.500. The molecule has 0 spiro atoms. The van der Waals surface area contributed by atoms with Crippen molar-refractivity contribution in [1.29, 1.82) is 0 Å².